The van der Waals surface area contributed by atoms with Gasteiger partial charge < -0.3 is 15.0 Å². The number of carbonyl (C=O) groups excluding carboxylic acids is 1. The van der Waals surface area contributed by atoms with Crippen LogP contribution in [0.4, 0.5) is 5.82 Å². The number of ether oxygens (including phenoxy) is 1. The number of hydrogen-bond donors (Lipinski definition) is 1. The Hall–Kier alpha value is -3.09. The fourth-order valence-electron chi connectivity index (χ4n) is 3.98. The van der Waals surface area contributed by atoms with Gasteiger partial charge in [-0.05, 0) is 31.4 Å². The highest BCUT2D eigenvalue weighted by Gasteiger charge is 2.27. The SMILES string of the molecule is CCCC(=O)N1CCC[C@H]1CNc1ccn2ncc(-c3ccccc3OC)c2n1. The molecular weight excluding hydrogens is 366 g/mol. The summed E-state index contributed by atoms with van der Waals surface area (Å²) in [4.78, 5) is 19.1. The van der Waals surface area contributed by atoms with E-state index in [2.05, 4.69) is 10.4 Å². The van der Waals surface area contributed by atoms with E-state index in [1.54, 1.807) is 11.6 Å². The van der Waals surface area contributed by atoms with Crippen molar-refractivity contribution in [1.82, 2.24) is 19.5 Å². The maximum absolute atomic E-state index is 12.3. The van der Waals surface area contributed by atoms with Gasteiger partial charge in [-0.15, -0.1) is 0 Å². The molecule has 0 unspecified atom stereocenters. The molecule has 2 aromatic heterocycles. The number of methoxy groups -OCH3 is 1. The van der Waals surface area contributed by atoms with Gasteiger partial charge in [-0.25, -0.2) is 9.50 Å². The Labute approximate surface area is 170 Å². The maximum atomic E-state index is 12.3. The number of hydrogen-bond acceptors (Lipinski definition) is 5. The molecule has 3 aromatic rings. The number of nitrogens with one attached hydrogen (secondary N) is 1. The Morgan fingerprint density at radius 2 is 2.14 bits per heavy atom. The van der Waals surface area contributed by atoms with Crippen molar-refractivity contribution in [3.8, 4) is 16.9 Å². The number of fused-ring (bicyclic) bond motifs is 1. The van der Waals surface area contributed by atoms with Crippen LogP contribution in [0.25, 0.3) is 16.8 Å². The molecule has 0 saturated carbocycles. The summed E-state index contributed by atoms with van der Waals surface area (Å²) in [6.45, 7) is 3.61. The van der Waals surface area contributed by atoms with E-state index in [-0.39, 0.29) is 11.9 Å². The van der Waals surface area contributed by atoms with Gasteiger partial charge in [0.1, 0.15) is 11.6 Å². The third-order valence-corrected chi connectivity index (χ3v) is 5.45. The molecule has 7 nitrogen and oxygen atoms in total. The van der Waals surface area contributed by atoms with Crippen molar-refractivity contribution in [2.75, 3.05) is 25.5 Å². The first-order valence-corrected chi connectivity index (χ1v) is 10.2. The Balaban J connectivity index is 1.54. The molecule has 7 heteroatoms. The minimum Gasteiger partial charge on any atom is -0.496 e. The summed E-state index contributed by atoms with van der Waals surface area (Å²) < 4.78 is 7.26. The standard InChI is InChI=1S/C22H27N5O2/c1-3-7-21(28)26-12-6-8-16(26)14-23-20-11-13-27-22(25-20)18(15-24-27)17-9-4-5-10-19(17)29-2/h4-5,9-11,13,15-16H,3,6-8,12,14H2,1-2H3,(H,23,25)/t16-/m0/s1. The maximum Gasteiger partial charge on any atom is 0.222 e. The number of aromatic nitrogens is 3. The summed E-state index contributed by atoms with van der Waals surface area (Å²) in [6, 6.07) is 10.0. The van der Waals surface area contributed by atoms with Crippen molar-refractivity contribution in [2.45, 2.75) is 38.6 Å². The monoisotopic (exact) mass is 393 g/mol. The lowest BCUT2D eigenvalue weighted by Gasteiger charge is -2.25. The van der Waals surface area contributed by atoms with E-state index >= 15 is 0 Å². The van der Waals surface area contributed by atoms with E-state index in [1.807, 2.05) is 54.5 Å². The molecule has 1 aromatic carbocycles. The summed E-state index contributed by atoms with van der Waals surface area (Å²) in [5.41, 5.74) is 2.65. The zero-order chi connectivity index (χ0) is 20.2. The molecule has 1 saturated heterocycles. The zero-order valence-electron chi connectivity index (χ0n) is 17.0. The van der Waals surface area contributed by atoms with Crippen molar-refractivity contribution in [3.05, 3.63) is 42.7 Å². The fourth-order valence-corrected chi connectivity index (χ4v) is 3.98. The molecule has 1 N–H and O–H groups in total. The molecule has 0 spiro atoms. The predicted octanol–water partition coefficient (Wildman–Crippen LogP) is 3.61. The van der Waals surface area contributed by atoms with Crippen molar-refractivity contribution in [3.63, 3.8) is 0 Å². The highest BCUT2D eigenvalue weighted by atomic mass is 16.5. The number of amides is 1. The van der Waals surface area contributed by atoms with E-state index < -0.39 is 0 Å². The van der Waals surface area contributed by atoms with Crippen LogP contribution in [-0.2, 0) is 4.79 Å². The van der Waals surface area contributed by atoms with Gasteiger partial charge in [0, 0.05) is 37.3 Å². The largest absolute Gasteiger partial charge is 0.496 e. The lowest BCUT2D eigenvalue weighted by atomic mass is 10.1. The molecule has 1 aliphatic heterocycles. The Kier molecular flexibility index (Phi) is 5.64. The zero-order valence-corrected chi connectivity index (χ0v) is 17.0. The normalized spacial score (nSPS) is 16.3. The molecule has 1 aliphatic rings. The first-order valence-electron chi connectivity index (χ1n) is 10.2. The molecule has 0 aliphatic carbocycles. The highest BCUT2D eigenvalue weighted by Crippen LogP contribution is 2.32. The number of para-hydroxylation sites is 1. The third kappa shape index (κ3) is 3.90. The molecule has 0 bridgehead atoms. The van der Waals surface area contributed by atoms with Gasteiger partial charge >= 0.3 is 0 Å². The lowest BCUT2D eigenvalue weighted by molar-refractivity contribution is -0.131. The molecule has 3 heterocycles. The molecule has 1 atom stereocenters. The van der Waals surface area contributed by atoms with Gasteiger partial charge in [-0.2, -0.15) is 5.10 Å². The second kappa shape index (κ2) is 8.51. The number of carbonyl (C=O) groups is 1. The van der Waals surface area contributed by atoms with E-state index in [9.17, 15) is 4.79 Å². The van der Waals surface area contributed by atoms with Crippen molar-refractivity contribution in [2.24, 2.45) is 0 Å². The van der Waals surface area contributed by atoms with Crippen molar-refractivity contribution < 1.29 is 9.53 Å². The number of rotatable bonds is 7. The number of nitrogens with zero attached hydrogens (tertiary/aromatic N) is 4. The van der Waals surface area contributed by atoms with Crippen LogP contribution in [-0.4, -0.2) is 51.6 Å². The van der Waals surface area contributed by atoms with Gasteiger partial charge in [-0.1, -0.05) is 25.1 Å². The van der Waals surface area contributed by atoms with Crippen LogP contribution in [0.2, 0.25) is 0 Å². The van der Waals surface area contributed by atoms with Crippen molar-refractivity contribution >= 4 is 17.4 Å². The van der Waals surface area contributed by atoms with Gasteiger partial charge in [0.15, 0.2) is 5.65 Å². The molecule has 1 fully saturated rings. The first kappa shape index (κ1) is 19.2. The summed E-state index contributed by atoms with van der Waals surface area (Å²) in [6.07, 6.45) is 7.32. The quantitative estimate of drug-likeness (QED) is 0.664. The number of anilines is 1. The van der Waals surface area contributed by atoms with Crippen LogP contribution in [0, 0.1) is 0 Å². The van der Waals surface area contributed by atoms with Gasteiger partial charge in [0.05, 0.1) is 18.9 Å². The fraction of sp³-hybridized carbons (Fsp3) is 0.409. The van der Waals surface area contributed by atoms with E-state index in [0.717, 1.165) is 54.1 Å². The highest BCUT2D eigenvalue weighted by molar-refractivity contribution is 5.81. The van der Waals surface area contributed by atoms with E-state index in [0.29, 0.717) is 13.0 Å². The summed E-state index contributed by atoms with van der Waals surface area (Å²) >= 11 is 0. The van der Waals surface area contributed by atoms with Gasteiger partial charge in [0.25, 0.3) is 0 Å². The number of benzene rings is 1. The molecule has 1 amide bonds. The summed E-state index contributed by atoms with van der Waals surface area (Å²) in [5.74, 6) is 1.83. The molecule has 4 rings (SSSR count). The summed E-state index contributed by atoms with van der Waals surface area (Å²) in [5, 5.41) is 7.85. The smallest absolute Gasteiger partial charge is 0.222 e. The Morgan fingerprint density at radius 1 is 1.28 bits per heavy atom. The molecular formula is C22H27N5O2. The van der Waals surface area contributed by atoms with Crippen LogP contribution < -0.4 is 10.1 Å². The lowest BCUT2D eigenvalue weighted by Crippen LogP contribution is -2.39. The number of likely N-dealkylation sites (tertiary alicyclic amines) is 1. The average Bonchev–Trinajstić information content (AvgIpc) is 3.39. The molecule has 0 radical (unpaired) electrons. The van der Waals surface area contributed by atoms with Gasteiger partial charge in [0.2, 0.25) is 5.91 Å². The second-order valence-electron chi connectivity index (χ2n) is 7.35. The van der Waals surface area contributed by atoms with Crippen LogP contribution in [0.1, 0.15) is 32.6 Å². The minimum atomic E-state index is 0.227. The first-order chi connectivity index (χ1) is 14.2. The topological polar surface area (TPSA) is 71.8 Å². The molecule has 152 valence electrons. The van der Waals surface area contributed by atoms with Gasteiger partial charge in [-0.3, -0.25) is 4.79 Å². The second-order valence-corrected chi connectivity index (χ2v) is 7.35. The van der Waals surface area contributed by atoms with E-state index in [1.165, 1.54) is 0 Å². The molecule has 29 heavy (non-hydrogen) atoms. The third-order valence-electron chi connectivity index (χ3n) is 5.45. The van der Waals surface area contributed by atoms with Crippen LogP contribution in [0.15, 0.2) is 42.7 Å². The van der Waals surface area contributed by atoms with Crippen LogP contribution in [0.5, 0.6) is 5.75 Å². The van der Waals surface area contributed by atoms with Crippen LogP contribution in [0.3, 0.4) is 0 Å². The Bertz CT molecular complexity index is 1000. The van der Waals surface area contributed by atoms with Crippen molar-refractivity contribution in [1.29, 1.82) is 0 Å². The summed E-state index contributed by atoms with van der Waals surface area (Å²) in [7, 11) is 1.66. The van der Waals surface area contributed by atoms with E-state index in [4.69, 9.17) is 9.72 Å². The minimum absolute atomic E-state index is 0.227. The predicted molar refractivity (Wildman–Crippen MR) is 113 cm³/mol. The average molecular weight is 393 g/mol. The van der Waals surface area contributed by atoms with Crippen LogP contribution >= 0.6 is 0 Å². The Morgan fingerprint density at radius 3 is 2.97 bits per heavy atom.